The van der Waals surface area contributed by atoms with Gasteiger partial charge in [0, 0.05) is 18.1 Å². The number of primary amides is 1. The number of halogens is 2. The molecule has 0 aliphatic heterocycles. The van der Waals surface area contributed by atoms with Crippen molar-refractivity contribution >= 4 is 41.0 Å². The minimum Gasteiger partial charge on any atom is -0.352 e. The molecule has 0 fully saturated rings. The Morgan fingerprint density at radius 3 is 2.50 bits per heavy atom. The Bertz CT molecular complexity index is 454. The second-order valence-electron chi connectivity index (χ2n) is 3.30. The van der Waals surface area contributed by atoms with Gasteiger partial charge in [0.2, 0.25) is 0 Å². The number of urea groups is 2. The SMILES string of the molecule is NC(=O)NCCNC(=O)Nc1cc(Cl)ccc1Cl. The van der Waals surface area contributed by atoms with Gasteiger partial charge in [-0.3, -0.25) is 0 Å². The average Bonchev–Trinajstić information content (AvgIpc) is 2.29. The molecule has 0 aliphatic carbocycles. The second-order valence-corrected chi connectivity index (χ2v) is 4.14. The van der Waals surface area contributed by atoms with Crippen molar-refractivity contribution in [2.45, 2.75) is 0 Å². The summed E-state index contributed by atoms with van der Waals surface area (Å²) in [5.74, 6) is 0. The Morgan fingerprint density at radius 2 is 1.83 bits per heavy atom. The third kappa shape index (κ3) is 5.11. The lowest BCUT2D eigenvalue weighted by Gasteiger charge is -2.09. The zero-order valence-electron chi connectivity index (χ0n) is 9.30. The van der Waals surface area contributed by atoms with E-state index in [-0.39, 0.29) is 13.1 Å². The molecular weight excluding hydrogens is 279 g/mol. The molecule has 0 aromatic heterocycles. The molecule has 0 radical (unpaired) electrons. The van der Waals surface area contributed by atoms with E-state index in [9.17, 15) is 9.59 Å². The predicted molar refractivity (Wildman–Crippen MR) is 71.1 cm³/mol. The highest BCUT2D eigenvalue weighted by molar-refractivity contribution is 6.35. The first kappa shape index (κ1) is 14.4. The molecule has 1 rings (SSSR count). The molecule has 0 atom stereocenters. The van der Waals surface area contributed by atoms with Crippen LogP contribution in [0.3, 0.4) is 0 Å². The Morgan fingerprint density at radius 1 is 1.17 bits per heavy atom. The number of rotatable bonds is 4. The third-order valence-electron chi connectivity index (χ3n) is 1.89. The van der Waals surface area contributed by atoms with E-state index in [2.05, 4.69) is 16.0 Å². The van der Waals surface area contributed by atoms with Crippen LogP contribution in [0.25, 0.3) is 0 Å². The van der Waals surface area contributed by atoms with E-state index in [4.69, 9.17) is 28.9 Å². The van der Waals surface area contributed by atoms with Gasteiger partial charge in [0.15, 0.2) is 0 Å². The molecule has 4 amide bonds. The topological polar surface area (TPSA) is 96.2 Å². The summed E-state index contributed by atoms with van der Waals surface area (Å²) < 4.78 is 0. The lowest BCUT2D eigenvalue weighted by atomic mass is 10.3. The molecule has 0 aliphatic rings. The van der Waals surface area contributed by atoms with Gasteiger partial charge < -0.3 is 21.7 Å². The molecule has 0 saturated heterocycles. The van der Waals surface area contributed by atoms with Gasteiger partial charge in [-0.25, -0.2) is 9.59 Å². The van der Waals surface area contributed by atoms with Gasteiger partial charge >= 0.3 is 12.1 Å². The van der Waals surface area contributed by atoms with E-state index in [1.54, 1.807) is 12.1 Å². The molecule has 1 aromatic carbocycles. The number of carbonyl (C=O) groups excluding carboxylic acids is 2. The van der Waals surface area contributed by atoms with E-state index in [1.807, 2.05) is 0 Å². The Labute approximate surface area is 114 Å². The maximum absolute atomic E-state index is 11.5. The second kappa shape index (κ2) is 6.93. The summed E-state index contributed by atoms with van der Waals surface area (Å²) >= 11 is 11.6. The van der Waals surface area contributed by atoms with Crippen molar-refractivity contribution < 1.29 is 9.59 Å². The summed E-state index contributed by atoms with van der Waals surface area (Å²) in [6, 6.07) is 3.63. The van der Waals surface area contributed by atoms with Crippen molar-refractivity contribution in [2.24, 2.45) is 5.73 Å². The normalized spacial score (nSPS) is 9.67. The van der Waals surface area contributed by atoms with Crippen LogP contribution in [-0.2, 0) is 0 Å². The Kier molecular flexibility index (Phi) is 5.54. The van der Waals surface area contributed by atoms with Crippen LogP contribution >= 0.6 is 23.2 Å². The minimum absolute atomic E-state index is 0.242. The number of carbonyl (C=O) groups is 2. The van der Waals surface area contributed by atoms with E-state index >= 15 is 0 Å². The summed E-state index contributed by atoms with van der Waals surface area (Å²) in [5.41, 5.74) is 5.27. The largest absolute Gasteiger partial charge is 0.352 e. The number of amides is 4. The van der Waals surface area contributed by atoms with E-state index in [1.165, 1.54) is 6.07 Å². The lowest BCUT2D eigenvalue weighted by molar-refractivity contribution is 0.246. The van der Waals surface area contributed by atoms with Crippen LogP contribution in [0.1, 0.15) is 0 Å². The Balaban J connectivity index is 2.40. The van der Waals surface area contributed by atoms with E-state index in [0.717, 1.165) is 0 Å². The molecule has 0 heterocycles. The van der Waals surface area contributed by atoms with Crippen molar-refractivity contribution in [1.82, 2.24) is 10.6 Å². The predicted octanol–water partition coefficient (Wildman–Crippen LogP) is 1.78. The molecule has 18 heavy (non-hydrogen) atoms. The molecule has 0 saturated carbocycles. The molecule has 6 nitrogen and oxygen atoms in total. The van der Waals surface area contributed by atoms with Crippen LogP contribution in [0.5, 0.6) is 0 Å². The summed E-state index contributed by atoms with van der Waals surface area (Å²) in [5, 5.41) is 8.22. The van der Waals surface area contributed by atoms with Gasteiger partial charge in [-0.05, 0) is 18.2 Å². The van der Waals surface area contributed by atoms with Crippen LogP contribution in [0, 0.1) is 0 Å². The maximum atomic E-state index is 11.5. The minimum atomic E-state index is -0.643. The average molecular weight is 291 g/mol. The molecule has 0 unspecified atom stereocenters. The fraction of sp³-hybridized carbons (Fsp3) is 0.200. The highest BCUT2D eigenvalue weighted by atomic mass is 35.5. The molecule has 0 spiro atoms. The first-order valence-corrected chi connectivity index (χ1v) is 5.78. The zero-order valence-corrected chi connectivity index (χ0v) is 10.8. The van der Waals surface area contributed by atoms with Crippen molar-refractivity contribution in [3.05, 3.63) is 28.2 Å². The van der Waals surface area contributed by atoms with Gasteiger partial charge in [-0.15, -0.1) is 0 Å². The quantitative estimate of drug-likeness (QED) is 0.636. The fourth-order valence-electron chi connectivity index (χ4n) is 1.12. The number of nitrogens with two attached hydrogens (primary N) is 1. The molecule has 5 N–H and O–H groups in total. The van der Waals surface area contributed by atoms with Crippen LogP contribution < -0.4 is 21.7 Å². The molecule has 8 heteroatoms. The highest BCUT2D eigenvalue weighted by Gasteiger charge is 2.05. The number of anilines is 1. The first-order chi connectivity index (χ1) is 8.49. The molecule has 1 aromatic rings. The fourth-order valence-corrected chi connectivity index (χ4v) is 1.46. The zero-order chi connectivity index (χ0) is 13.5. The van der Waals surface area contributed by atoms with Gasteiger partial charge in [0.25, 0.3) is 0 Å². The van der Waals surface area contributed by atoms with Crippen LogP contribution in [0.4, 0.5) is 15.3 Å². The Hall–Kier alpha value is -1.66. The standard InChI is InChI=1S/C10H12Cl2N4O2/c11-6-1-2-7(12)8(5-6)16-10(18)15-4-3-14-9(13)17/h1-2,5H,3-4H2,(H3,13,14,17)(H2,15,16,18). The van der Waals surface area contributed by atoms with Crippen molar-refractivity contribution in [3.63, 3.8) is 0 Å². The monoisotopic (exact) mass is 290 g/mol. The van der Waals surface area contributed by atoms with Gasteiger partial charge in [-0.2, -0.15) is 0 Å². The van der Waals surface area contributed by atoms with Crippen LogP contribution in [0.2, 0.25) is 10.0 Å². The molecule has 0 bridgehead atoms. The summed E-state index contributed by atoms with van der Waals surface area (Å²) in [7, 11) is 0. The maximum Gasteiger partial charge on any atom is 0.319 e. The summed E-state index contributed by atoms with van der Waals surface area (Å²) in [6.07, 6.45) is 0. The first-order valence-electron chi connectivity index (χ1n) is 5.02. The van der Waals surface area contributed by atoms with E-state index in [0.29, 0.717) is 15.7 Å². The third-order valence-corrected chi connectivity index (χ3v) is 2.45. The molecular formula is C10H12Cl2N4O2. The summed E-state index contributed by atoms with van der Waals surface area (Å²) in [4.78, 5) is 21.8. The van der Waals surface area contributed by atoms with Gasteiger partial charge in [0.1, 0.15) is 0 Å². The van der Waals surface area contributed by atoms with E-state index < -0.39 is 12.1 Å². The van der Waals surface area contributed by atoms with Crippen molar-refractivity contribution in [3.8, 4) is 0 Å². The number of hydrogen-bond donors (Lipinski definition) is 4. The highest BCUT2D eigenvalue weighted by Crippen LogP contribution is 2.25. The van der Waals surface area contributed by atoms with Crippen LogP contribution in [-0.4, -0.2) is 25.2 Å². The number of hydrogen-bond acceptors (Lipinski definition) is 2. The van der Waals surface area contributed by atoms with Gasteiger partial charge in [0.05, 0.1) is 10.7 Å². The van der Waals surface area contributed by atoms with Crippen molar-refractivity contribution in [1.29, 1.82) is 0 Å². The van der Waals surface area contributed by atoms with Crippen molar-refractivity contribution in [2.75, 3.05) is 18.4 Å². The van der Waals surface area contributed by atoms with Gasteiger partial charge in [-0.1, -0.05) is 23.2 Å². The lowest BCUT2D eigenvalue weighted by Crippen LogP contribution is -2.38. The summed E-state index contributed by atoms with van der Waals surface area (Å²) in [6.45, 7) is 0.485. The number of nitrogens with one attached hydrogen (secondary N) is 3. The number of benzene rings is 1. The molecule has 98 valence electrons. The van der Waals surface area contributed by atoms with Crippen LogP contribution in [0.15, 0.2) is 18.2 Å². The smallest absolute Gasteiger partial charge is 0.319 e.